The van der Waals surface area contributed by atoms with E-state index < -0.39 is 0 Å². The number of carbonyl (C=O) groups is 1. The molecule has 106 valence electrons. The Morgan fingerprint density at radius 1 is 1.22 bits per heavy atom. The monoisotopic (exact) mass is 256 g/mol. The molecule has 1 rings (SSSR count). The Morgan fingerprint density at radius 2 is 1.78 bits per heavy atom. The van der Waals surface area contributed by atoms with E-state index >= 15 is 0 Å². The lowest BCUT2D eigenvalue weighted by atomic mass is 9.94. The fourth-order valence-electron chi connectivity index (χ4n) is 2.61. The molecular weight excluding hydrogens is 228 g/mol. The number of hydrogen-bond donors (Lipinski definition) is 2. The summed E-state index contributed by atoms with van der Waals surface area (Å²) in [6.45, 7) is 14.2. The zero-order valence-corrected chi connectivity index (χ0v) is 12.8. The van der Waals surface area contributed by atoms with Crippen LogP contribution >= 0.6 is 0 Å². The predicted molar refractivity (Wildman–Crippen MR) is 73.5 cm³/mol. The first kappa shape index (κ1) is 15.4. The van der Waals surface area contributed by atoms with Gasteiger partial charge in [0.2, 0.25) is 5.91 Å². The zero-order chi connectivity index (χ0) is 14.1. The van der Waals surface area contributed by atoms with Crippen molar-refractivity contribution in [2.45, 2.75) is 84.2 Å². The molecule has 0 aromatic carbocycles. The molecule has 4 heteroatoms. The standard InChI is InChI=1S/C14H28N2O2/c1-9(2)15-12(17)10(3)16-11-8-13(4,5)18-14(11,6)7/h9-11,16H,8H2,1-7H3,(H,15,17). The Balaban J connectivity index is 2.59. The van der Waals surface area contributed by atoms with Crippen LogP contribution in [0.25, 0.3) is 0 Å². The van der Waals surface area contributed by atoms with Gasteiger partial charge in [0.1, 0.15) is 0 Å². The van der Waals surface area contributed by atoms with Gasteiger partial charge in [0, 0.05) is 12.1 Å². The summed E-state index contributed by atoms with van der Waals surface area (Å²) < 4.78 is 6.02. The molecule has 1 aliphatic rings. The smallest absolute Gasteiger partial charge is 0.237 e. The highest BCUT2D eigenvalue weighted by Gasteiger charge is 2.46. The average molecular weight is 256 g/mol. The maximum atomic E-state index is 11.9. The minimum atomic E-state index is -0.240. The lowest BCUT2D eigenvalue weighted by Crippen LogP contribution is -2.53. The van der Waals surface area contributed by atoms with Crippen LogP contribution in [0.3, 0.4) is 0 Å². The van der Waals surface area contributed by atoms with Crippen molar-refractivity contribution in [3.63, 3.8) is 0 Å². The third-order valence-electron chi connectivity index (χ3n) is 3.35. The van der Waals surface area contributed by atoms with Crippen molar-refractivity contribution in [1.29, 1.82) is 0 Å². The number of hydrogen-bond acceptors (Lipinski definition) is 3. The summed E-state index contributed by atoms with van der Waals surface area (Å²) in [5, 5.41) is 6.32. The van der Waals surface area contributed by atoms with E-state index in [1.165, 1.54) is 0 Å². The van der Waals surface area contributed by atoms with Gasteiger partial charge in [-0.3, -0.25) is 4.79 Å². The number of amides is 1. The summed E-state index contributed by atoms with van der Waals surface area (Å²) in [6, 6.07) is 0.167. The molecule has 1 aliphatic heterocycles. The topological polar surface area (TPSA) is 50.4 Å². The third kappa shape index (κ3) is 3.95. The molecule has 4 nitrogen and oxygen atoms in total. The lowest BCUT2D eigenvalue weighted by Gasteiger charge is -2.29. The molecule has 1 fully saturated rings. The van der Waals surface area contributed by atoms with Crippen LogP contribution in [-0.4, -0.2) is 35.2 Å². The first-order chi connectivity index (χ1) is 8.03. The van der Waals surface area contributed by atoms with Gasteiger partial charge in [-0.1, -0.05) is 0 Å². The van der Waals surface area contributed by atoms with E-state index in [0.717, 1.165) is 6.42 Å². The van der Waals surface area contributed by atoms with Crippen LogP contribution in [0.5, 0.6) is 0 Å². The van der Waals surface area contributed by atoms with Crippen molar-refractivity contribution in [1.82, 2.24) is 10.6 Å². The van der Waals surface area contributed by atoms with E-state index in [1.54, 1.807) is 0 Å². The molecule has 0 aliphatic carbocycles. The lowest BCUT2D eigenvalue weighted by molar-refractivity contribution is -0.123. The Morgan fingerprint density at radius 3 is 2.17 bits per heavy atom. The van der Waals surface area contributed by atoms with E-state index in [4.69, 9.17) is 4.74 Å². The Labute approximate surface area is 111 Å². The van der Waals surface area contributed by atoms with Crippen LogP contribution in [-0.2, 0) is 9.53 Å². The molecule has 0 aromatic rings. The van der Waals surface area contributed by atoms with Gasteiger partial charge >= 0.3 is 0 Å². The predicted octanol–water partition coefficient (Wildman–Crippen LogP) is 1.84. The van der Waals surface area contributed by atoms with Crippen molar-refractivity contribution in [3.8, 4) is 0 Å². The number of nitrogens with one attached hydrogen (secondary N) is 2. The van der Waals surface area contributed by atoms with Gasteiger partial charge < -0.3 is 15.4 Å². The summed E-state index contributed by atoms with van der Waals surface area (Å²) in [5.41, 5.74) is -0.370. The highest BCUT2D eigenvalue weighted by molar-refractivity contribution is 5.81. The van der Waals surface area contributed by atoms with Crippen LogP contribution in [0, 0.1) is 0 Å². The van der Waals surface area contributed by atoms with Crippen LogP contribution in [0.1, 0.15) is 54.9 Å². The minimum absolute atomic E-state index is 0.0468. The quantitative estimate of drug-likeness (QED) is 0.807. The second kappa shape index (κ2) is 5.17. The minimum Gasteiger partial charge on any atom is -0.368 e. The van der Waals surface area contributed by atoms with E-state index in [-0.39, 0.29) is 35.2 Å². The average Bonchev–Trinajstić information content (AvgIpc) is 2.32. The van der Waals surface area contributed by atoms with Crippen molar-refractivity contribution in [2.75, 3.05) is 0 Å². The zero-order valence-electron chi connectivity index (χ0n) is 12.8. The molecule has 1 amide bonds. The van der Waals surface area contributed by atoms with Crippen LogP contribution in [0.2, 0.25) is 0 Å². The fraction of sp³-hybridized carbons (Fsp3) is 0.929. The van der Waals surface area contributed by atoms with Crippen molar-refractivity contribution < 1.29 is 9.53 Å². The number of ether oxygens (including phenoxy) is 1. The van der Waals surface area contributed by atoms with E-state index in [0.29, 0.717) is 0 Å². The second-order valence-corrected chi connectivity index (χ2v) is 6.77. The van der Waals surface area contributed by atoms with Gasteiger partial charge in [0.25, 0.3) is 0 Å². The maximum Gasteiger partial charge on any atom is 0.237 e. The van der Waals surface area contributed by atoms with Gasteiger partial charge in [0.05, 0.1) is 17.2 Å². The van der Waals surface area contributed by atoms with Crippen molar-refractivity contribution in [2.24, 2.45) is 0 Å². The normalized spacial score (nSPS) is 27.2. The van der Waals surface area contributed by atoms with Crippen molar-refractivity contribution in [3.05, 3.63) is 0 Å². The molecule has 0 spiro atoms. The third-order valence-corrected chi connectivity index (χ3v) is 3.35. The summed E-state index contributed by atoms with van der Waals surface area (Å²) in [4.78, 5) is 11.9. The highest BCUT2D eigenvalue weighted by Crippen LogP contribution is 2.37. The number of carbonyl (C=O) groups excluding carboxylic acids is 1. The number of rotatable bonds is 4. The molecule has 2 N–H and O–H groups in total. The summed E-state index contributed by atoms with van der Waals surface area (Å²) in [5.74, 6) is 0.0468. The van der Waals surface area contributed by atoms with Gasteiger partial charge in [-0.25, -0.2) is 0 Å². The van der Waals surface area contributed by atoms with E-state index in [9.17, 15) is 4.79 Å². The molecule has 0 bridgehead atoms. The fourth-order valence-corrected chi connectivity index (χ4v) is 2.61. The molecule has 2 unspecified atom stereocenters. The van der Waals surface area contributed by atoms with Gasteiger partial charge in [-0.15, -0.1) is 0 Å². The molecule has 18 heavy (non-hydrogen) atoms. The summed E-state index contributed by atoms with van der Waals surface area (Å²) >= 11 is 0. The van der Waals surface area contributed by atoms with Gasteiger partial charge in [0.15, 0.2) is 0 Å². The molecule has 1 heterocycles. The Bertz CT molecular complexity index is 311. The van der Waals surface area contributed by atoms with E-state index in [2.05, 4.69) is 38.3 Å². The Kier molecular flexibility index (Phi) is 4.44. The van der Waals surface area contributed by atoms with Crippen LogP contribution in [0.4, 0.5) is 0 Å². The summed E-state index contributed by atoms with van der Waals surface area (Å²) in [7, 11) is 0. The SMILES string of the molecule is CC(C)NC(=O)C(C)NC1CC(C)(C)OC1(C)C. The molecule has 0 saturated carbocycles. The molecule has 0 radical (unpaired) electrons. The Hall–Kier alpha value is -0.610. The van der Waals surface area contributed by atoms with Crippen LogP contribution in [0.15, 0.2) is 0 Å². The highest BCUT2D eigenvalue weighted by atomic mass is 16.5. The largest absolute Gasteiger partial charge is 0.368 e. The van der Waals surface area contributed by atoms with Crippen molar-refractivity contribution >= 4 is 5.91 Å². The van der Waals surface area contributed by atoms with Crippen LogP contribution < -0.4 is 10.6 Å². The van der Waals surface area contributed by atoms with E-state index in [1.807, 2.05) is 20.8 Å². The molecular formula is C14H28N2O2. The first-order valence-corrected chi connectivity index (χ1v) is 6.80. The first-order valence-electron chi connectivity index (χ1n) is 6.80. The maximum absolute atomic E-state index is 11.9. The second-order valence-electron chi connectivity index (χ2n) is 6.77. The summed E-state index contributed by atoms with van der Waals surface area (Å²) in [6.07, 6.45) is 0.916. The van der Waals surface area contributed by atoms with Gasteiger partial charge in [-0.2, -0.15) is 0 Å². The molecule has 0 aromatic heterocycles. The van der Waals surface area contributed by atoms with Gasteiger partial charge in [-0.05, 0) is 54.9 Å². The molecule has 1 saturated heterocycles. The molecule has 2 atom stereocenters.